The second-order valence-corrected chi connectivity index (χ2v) is 6.06. The zero-order valence-electron chi connectivity index (χ0n) is 10.7. The Morgan fingerprint density at radius 2 is 1.86 bits per heavy atom. The van der Waals surface area contributed by atoms with Crippen LogP contribution in [0.15, 0.2) is 53.4 Å². The van der Waals surface area contributed by atoms with Gasteiger partial charge in [-0.1, -0.05) is 17.7 Å². The quantitative estimate of drug-likeness (QED) is 0.481. The molecule has 1 unspecified atom stereocenters. The smallest absolute Gasteiger partial charge is 0.269 e. The van der Waals surface area contributed by atoms with Crippen LogP contribution in [0.3, 0.4) is 0 Å². The van der Waals surface area contributed by atoms with Crippen molar-refractivity contribution in [1.82, 2.24) is 0 Å². The average molecular weight is 324 g/mol. The maximum Gasteiger partial charge on any atom is 0.269 e. The van der Waals surface area contributed by atoms with Gasteiger partial charge in [0.1, 0.15) is 0 Å². The number of Topliss-reactive ketones (excluding diaryl/α,β-unsaturated/α-hetero) is 1. The van der Waals surface area contributed by atoms with Crippen LogP contribution in [0.2, 0.25) is 5.02 Å². The molecule has 5 nitrogen and oxygen atoms in total. The van der Waals surface area contributed by atoms with E-state index in [0.717, 1.165) is 0 Å². The summed E-state index contributed by atoms with van der Waals surface area (Å²) in [5.41, 5.74) is 0.193. The first kappa shape index (κ1) is 15.3. The number of rotatable bonds is 5. The number of benzene rings is 2. The number of carbonyl (C=O) groups is 1. The fourth-order valence-corrected chi connectivity index (χ4v) is 2.98. The highest BCUT2D eigenvalue weighted by Gasteiger charge is 2.14. The minimum absolute atomic E-state index is 0.0949. The number of halogens is 1. The van der Waals surface area contributed by atoms with Gasteiger partial charge in [0.2, 0.25) is 0 Å². The van der Waals surface area contributed by atoms with E-state index in [1.54, 1.807) is 24.3 Å². The lowest BCUT2D eigenvalue weighted by atomic mass is 10.1. The second-order valence-electron chi connectivity index (χ2n) is 4.17. The molecule has 0 bridgehead atoms. The maximum absolute atomic E-state index is 12.1. The molecule has 1 atom stereocenters. The van der Waals surface area contributed by atoms with Crippen molar-refractivity contribution in [2.45, 2.75) is 4.90 Å². The van der Waals surface area contributed by atoms with Crippen molar-refractivity contribution in [3.8, 4) is 0 Å². The summed E-state index contributed by atoms with van der Waals surface area (Å²) in [7, 11) is -1.51. The van der Waals surface area contributed by atoms with Crippen LogP contribution in [0.5, 0.6) is 0 Å². The van der Waals surface area contributed by atoms with E-state index in [1.807, 2.05) is 0 Å². The highest BCUT2D eigenvalue weighted by Crippen LogP contribution is 2.16. The summed E-state index contributed by atoms with van der Waals surface area (Å²) >= 11 is 5.81. The van der Waals surface area contributed by atoms with E-state index in [-0.39, 0.29) is 22.8 Å². The standard InChI is InChI=1S/C14H10ClNO4S/c15-11-2-1-3-13(8-11)21(20)9-14(17)10-4-6-12(7-5-10)16(18)19/h1-8H,9H2. The molecule has 0 fully saturated rings. The van der Waals surface area contributed by atoms with Crippen LogP contribution in [0.25, 0.3) is 0 Å². The molecule has 108 valence electrons. The average Bonchev–Trinajstić information content (AvgIpc) is 2.47. The molecule has 2 rings (SSSR count). The molecule has 0 N–H and O–H groups in total. The molecule has 7 heteroatoms. The van der Waals surface area contributed by atoms with Crippen LogP contribution >= 0.6 is 11.6 Å². The first-order valence-corrected chi connectivity index (χ1v) is 7.58. The van der Waals surface area contributed by atoms with Crippen LogP contribution in [-0.4, -0.2) is 20.7 Å². The third kappa shape index (κ3) is 3.96. The largest absolute Gasteiger partial charge is 0.293 e. The summed E-state index contributed by atoms with van der Waals surface area (Å²) in [6, 6.07) is 11.7. The van der Waals surface area contributed by atoms with Gasteiger partial charge in [0.05, 0.1) is 21.5 Å². The minimum Gasteiger partial charge on any atom is -0.293 e. The number of nitro benzene ring substituents is 1. The SMILES string of the molecule is O=C(CS(=O)c1cccc(Cl)c1)c1ccc([N+](=O)[O-])cc1. The first-order chi connectivity index (χ1) is 9.97. The van der Waals surface area contributed by atoms with Crippen molar-refractivity contribution in [2.24, 2.45) is 0 Å². The molecule has 0 spiro atoms. The number of non-ortho nitro benzene ring substituents is 1. The van der Waals surface area contributed by atoms with E-state index in [4.69, 9.17) is 11.6 Å². The van der Waals surface area contributed by atoms with E-state index in [2.05, 4.69) is 0 Å². The molecule has 0 amide bonds. The third-order valence-corrected chi connectivity index (χ3v) is 4.26. The fourth-order valence-electron chi connectivity index (χ4n) is 1.66. The van der Waals surface area contributed by atoms with Crippen LogP contribution in [-0.2, 0) is 10.8 Å². The minimum atomic E-state index is -1.51. The third-order valence-electron chi connectivity index (χ3n) is 2.72. The zero-order chi connectivity index (χ0) is 15.4. The van der Waals surface area contributed by atoms with E-state index in [0.29, 0.717) is 9.92 Å². The summed E-state index contributed by atoms with van der Waals surface area (Å²) in [5.74, 6) is -0.541. The van der Waals surface area contributed by atoms with Crippen molar-refractivity contribution >= 4 is 33.9 Å². The maximum atomic E-state index is 12.1. The van der Waals surface area contributed by atoms with E-state index < -0.39 is 15.7 Å². The predicted molar refractivity (Wildman–Crippen MR) is 80.2 cm³/mol. The molecule has 2 aromatic rings. The summed E-state index contributed by atoms with van der Waals surface area (Å²) in [5, 5.41) is 11.0. The lowest BCUT2D eigenvalue weighted by Gasteiger charge is -2.03. The number of nitro groups is 1. The lowest BCUT2D eigenvalue weighted by molar-refractivity contribution is -0.384. The molecule has 0 aromatic heterocycles. The van der Waals surface area contributed by atoms with Crippen molar-refractivity contribution in [2.75, 3.05) is 5.75 Å². The van der Waals surface area contributed by atoms with Gasteiger partial charge in [0, 0.05) is 27.6 Å². The molecular formula is C14H10ClNO4S. The molecule has 0 saturated heterocycles. The van der Waals surface area contributed by atoms with Crippen molar-refractivity contribution in [3.05, 3.63) is 69.2 Å². The number of hydrogen-bond donors (Lipinski definition) is 0. The molecular weight excluding hydrogens is 314 g/mol. The second kappa shape index (κ2) is 6.60. The summed E-state index contributed by atoms with van der Waals surface area (Å²) in [6.45, 7) is 0. The van der Waals surface area contributed by atoms with Crippen LogP contribution in [0, 0.1) is 10.1 Å². The molecule has 0 aliphatic carbocycles. The fraction of sp³-hybridized carbons (Fsp3) is 0.0714. The van der Waals surface area contributed by atoms with Gasteiger partial charge >= 0.3 is 0 Å². The highest BCUT2D eigenvalue weighted by atomic mass is 35.5. The number of nitrogens with zero attached hydrogens (tertiary/aromatic N) is 1. The molecule has 21 heavy (non-hydrogen) atoms. The Kier molecular flexibility index (Phi) is 4.82. The van der Waals surface area contributed by atoms with Gasteiger partial charge in [-0.2, -0.15) is 0 Å². The lowest BCUT2D eigenvalue weighted by Crippen LogP contribution is -2.11. The van der Waals surface area contributed by atoms with Crippen LogP contribution < -0.4 is 0 Å². The van der Waals surface area contributed by atoms with Crippen molar-refractivity contribution in [3.63, 3.8) is 0 Å². The molecule has 0 radical (unpaired) electrons. The monoisotopic (exact) mass is 323 g/mol. The Morgan fingerprint density at radius 1 is 1.19 bits per heavy atom. The first-order valence-electron chi connectivity index (χ1n) is 5.89. The Labute approximate surface area is 128 Å². The Balaban J connectivity index is 2.10. The van der Waals surface area contributed by atoms with E-state index in [1.165, 1.54) is 24.3 Å². The van der Waals surface area contributed by atoms with Crippen LogP contribution in [0.1, 0.15) is 10.4 Å². The van der Waals surface area contributed by atoms with Gasteiger partial charge in [0.15, 0.2) is 5.78 Å². The molecule has 0 aliphatic heterocycles. The highest BCUT2D eigenvalue weighted by molar-refractivity contribution is 7.85. The van der Waals surface area contributed by atoms with E-state index >= 15 is 0 Å². The topological polar surface area (TPSA) is 77.3 Å². The van der Waals surface area contributed by atoms with Gasteiger partial charge in [-0.15, -0.1) is 0 Å². The predicted octanol–water partition coefficient (Wildman–Crippen LogP) is 3.24. The zero-order valence-corrected chi connectivity index (χ0v) is 12.3. The van der Waals surface area contributed by atoms with Gasteiger partial charge in [-0.05, 0) is 30.3 Å². The van der Waals surface area contributed by atoms with E-state index in [9.17, 15) is 19.1 Å². The van der Waals surface area contributed by atoms with Gasteiger partial charge < -0.3 is 0 Å². The summed E-state index contributed by atoms with van der Waals surface area (Å²) < 4.78 is 12.1. The number of hydrogen-bond acceptors (Lipinski definition) is 4. The van der Waals surface area contributed by atoms with Gasteiger partial charge in [-0.25, -0.2) is 0 Å². The molecule has 0 heterocycles. The summed E-state index contributed by atoms with van der Waals surface area (Å²) in [4.78, 5) is 22.5. The van der Waals surface area contributed by atoms with Crippen LogP contribution in [0.4, 0.5) is 5.69 Å². The normalized spacial score (nSPS) is 11.9. The van der Waals surface area contributed by atoms with Gasteiger partial charge in [0.25, 0.3) is 5.69 Å². The number of carbonyl (C=O) groups excluding carboxylic acids is 1. The summed E-state index contributed by atoms with van der Waals surface area (Å²) in [6.07, 6.45) is 0. The van der Waals surface area contributed by atoms with Crippen molar-refractivity contribution < 1.29 is 13.9 Å². The molecule has 0 saturated carbocycles. The van der Waals surface area contributed by atoms with Gasteiger partial charge in [-0.3, -0.25) is 19.1 Å². The Bertz CT molecular complexity index is 715. The molecule has 0 aliphatic rings. The Hall–Kier alpha value is -2.05. The Morgan fingerprint density at radius 3 is 2.43 bits per heavy atom. The van der Waals surface area contributed by atoms with Crippen molar-refractivity contribution in [1.29, 1.82) is 0 Å². The number of ketones is 1. The molecule has 2 aromatic carbocycles.